The maximum atomic E-state index is 10.7. The Morgan fingerprint density at radius 3 is 2.29 bits per heavy atom. The fourth-order valence-electron chi connectivity index (χ4n) is 1.77. The monoisotopic (exact) mass is 298 g/mol. The molecule has 0 bridgehead atoms. The number of aliphatic carboxylic acids is 1. The van der Waals surface area contributed by atoms with E-state index in [1.165, 1.54) is 19.2 Å². The molecule has 0 fully saturated rings. The first-order valence-corrected chi connectivity index (χ1v) is 6.68. The number of benzene rings is 1. The van der Waals surface area contributed by atoms with Gasteiger partial charge in [-0.3, -0.25) is 0 Å². The topological polar surface area (TPSA) is 96.2 Å². The van der Waals surface area contributed by atoms with Crippen LogP contribution in [-0.2, 0) is 9.53 Å². The number of ether oxygens (including phenoxy) is 2. The summed E-state index contributed by atoms with van der Waals surface area (Å²) in [7, 11) is 1.43. The fourth-order valence-corrected chi connectivity index (χ4v) is 1.77. The second-order valence-electron chi connectivity index (χ2n) is 5.19. The Kier molecular flexibility index (Phi) is 6.14. The molecule has 0 heterocycles. The van der Waals surface area contributed by atoms with Crippen LogP contribution >= 0.6 is 0 Å². The molecule has 0 radical (unpaired) electrons. The molecule has 1 aromatic carbocycles. The van der Waals surface area contributed by atoms with Crippen LogP contribution < -0.4 is 4.74 Å². The van der Waals surface area contributed by atoms with Gasteiger partial charge >= 0.3 is 5.97 Å². The van der Waals surface area contributed by atoms with Crippen molar-refractivity contribution in [1.29, 1.82) is 0 Å². The quantitative estimate of drug-likeness (QED) is 0.630. The zero-order chi connectivity index (χ0) is 16.0. The minimum Gasteiger partial charge on any atom is -0.493 e. The van der Waals surface area contributed by atoms with Crippen LogP contribution in [0.25, 0.3) is 0 Å². The highest BCUT2D eigenvalue weighted by Crippen LogP contribution is 2.28. The van der Waals surface area contributed by atoms with E-state index in [9.17, 15) is 15.0 Å². The fraction of sp³-hybridized carbons (Fsp3) is 0.533. The van der Waals surface area contributed by atoms with Gasteiger partial charge in [-0.05, 0) is 24.1 Å². The SMILES string of the molecule is CCC(C)(COc1ccc(C(O)C(=O)O)cc1)C(O)OC. The van der Waals surface area contributed by atoms with E-state index >= 15 is 0 Å². The Morgan fingerprint density at radius 1 is 1.29 bits per heavy atom. The molecular weight excluding hydrogens is 276 g/mol. The Labute approximate surface area is 123 Å². The standard InChI is InChI=1S/C15H22O6/c1-4-15(2,14(19)20-3)9-21-11-7-5-10(6-8-11)12(16)13(17)18/h5-8,12,14,16,19H,4,9H2,1-3H3,(H,17,18). The summed E-state index contributed by atoms with van der Waals surface area (Å²) in [6.07, 6.45) is -1.82. The summed E-state index contributed by atoms with van der Waals surface area (Å²) in [5.41, 5.74) is -0.265. The average molecular weight is 298 g/mol. The molecule has 6 heteroatoms. The summed E-state index contributed by atoms with van der Waals surface area (Å²) in [5.74, 6) is -0.773. The van der Waals surface area contributed by atoms with Crippen molar-refractivity contribution >= 4 is 5.97 Å². The van der Waals surface area contributed by atoms with Crippen molar-refractivity contribution in [2.24, 2.45) is 5.41 Å². The van der Waals surface area contributed by atoms with Crippen LogP contribution in [0.3, 0.4) is 0 Å². The molecule has 6 nitrogen and oxygen atoms in total. The van der Waals surface area contributed by atoms with Gasteiger partial charge in [0.15, 0.2) is 12.4 Å². The van der Waals surface area contributed by atoms with Gasteiger partial charge < -0.3 is 24.8 Å². The molecule has 3 atom stereocenters. The first kappa shape index (κ1) is 17.4. The van der Waals surface area contributed by atoms with Gasteiger partial charge in [0.05, 0.1) is 12.0 Å². The number of aliphatic hydroxyl groups is 2. The summed E-state index contributed by atoms with van der Waals surface area (Å²) < 4.78 is 10.6. The Hall–Kier alpha value is -1.63. The van der Waals surface area contributed by atoms with Crippen molar-refractivity contribution < 1.29 is 29.6 Å². The van der Waals surface area contributed by atoms with E-state index in [0.717, 1.165) is 0 Å². The van der Waals surface area contributed by atoms with E-state index in [0.29, 0.717) is 12.2 Å². The molecule has 0 aliphatic carbocycles. The van der Waals surface area contributed by atoms with Crippen molar-refractivity contribution in [1.82, 2.24) is 0 Å². The van der Waals surface area contributed by atoms with Crippen LogP contribution in [-0.4, -0.2) is 41.3 Å². The number of hydrogen-bond donors (Lipinski definition) is 3. The van der Waals surface area contributed by atoms with Crippen LogP contribution in [0.15, 0.2) is 24.3 Å². The minimum atomic E-state index is -1.55. The number of hydrogen-bond acceptors (Lipinski definition) is 5. The van der Waals surface area contributed by atoms with E-state index in [-0.39, 0.29) is 12.2 Å². The number of carboxylic acid groups (broad SMARTS) is 1. The number of carbonyl (C=O) groups is 1. The molecule has 3 N–H and O–H groups in total. The van der Waals surface area contributed by atoms with Gasteiger partial charge in [-0.2, -0.15) is 0 Å². The number of carboxylic acids is 1. The van der Waals surface area contributed by atoms with E-state index in [1.54, 1.807) is 12.1 Å². The smallest absolute Gasteiger partial charge is 0.337 e. The summed E-state index contributed by atoms with van der Waals surface area (Å²) in [5, 5.41) is 27.9. The number of aliphatic hydroxyl groups excluding tert-OH is 2. The summed E-state index contributed by atoms with van der Waals surface area (Å²) in [6.45, 7) is 4.03. The molecule has 3 unspecified atom stereocenters. The van der Waals surface area contributed by atoms with Crippen molar-refractivity contribution in [2.75, 3.05) is 13.7 Å². The van der Waals surface area contributed by atoms with Gasteiger partial charge in [-0.25, -0.2) is 4.79 Å². The normalized spacial score (nSPS) is 16.8. The zero-order valence-electron chi connectivity index (χ0n) is 12.4. The van der Waals surface area contributed by atoms with Crippen molar-refractivity contribution in [3.63, 3.8) is 0 Å². The molecule has 0 saturated carbocycles. The van der Waals surface area contributed by atoms with Gasteiger partial charge in [0.1, 0.15) is 5.75 Å². The summed E-state index contributed by atoms with van der Waals surface area (Å²) in [4.78, 5) is 10.7. The third kappa shape index (κ3) is 4.42. The van der Waals surface area contributed by atoms with Crippen molar-refractivity contribution in [3.8, 4) is 5.75 Å². The number of rotatable bonds is 8. The Balaban J connectivity index is 2.70. The number of methoxy groups -OCH3 is 1. The van der Waals surface area contributed by atoms with Gasteiger partial charge in [-0.15, -0.1) is 0 Å². The second-order valence-corrected chi connectivity index (χ2v) is 5.19. The van der Waals surface area contributed by atoms with Gasteiger partial charge in [-0.1, -0.05) is 26.0 Å². The molecule has 0 saturated heterocycles. The lowest BCUT2D eigenvalue weighted by atomic mass is 9.88. The van der Waals surface area contributed by atoms with E-state index in [1.807, 2.05) is 13.8 Å². The maximum Gasteiger partial charge on any atom is 0.337 e. The lowest BCUT2D eigenvalue weighted by molar-refractivity contribution is -0.163. The molecule has 21 heavy (non-hydrogen) atoms. The second kappa shape index (κ2) is 7.40. The van der Waals surface area contributed by atoms with Gasteiger partial charge in [0.25, 0.3) is 0 Å². The highest BCUT2D eigenvalue weighted by Gasteiger charge is 2.32. The molecule has 0 amide bonds. The van der Waals surface area contributed by atoms with E-state index in [2.05, 4.69) is 0 Å². The van der Waals surface area contributed by atoms with Crippen molar-refractivity contribution in [2.45, 2.75) is 32.7 Å². The Bertz CT molecular complexity index is 458. The summed E-state index contributed by atoms with van der Waals surface area (Å²) >= 11 is 0. The molecule has 1 aromatic rings. The molecule has 0 spiro atoms. The van der Waals surface area contributed by atoms with Crippen LogP contribution in [0.5, 0.6) is 5.75 Å². The third-order valence-electron chi connectivity index (χ3n) is 3.63. The van der Waals surface area contributed by atoms with Crippen LogP contribution in [0.1, 0.15) is 31.9 Å². The molecule has 1 rings (SSSR count). The van der Waals surface area contributed by atoms with E-state index in [4.69, 9.17) is 14.6 Å². The third-order valence-corrected chi connectivity index (χ3v) is 3.63. The lowest BCUT2D eigenvalue weighted by Crippen LogP contribution is -2.38. The van der Waals surface area contributed by atoms with Crippen LogP contribution in [0, 0.1) is 5.41 Å². The Morgan fingerprint density at radius 2 is 1.86 bits per heavy atom. The van der Waals surface area contributed by atoms with Crippen LogP contribution in [0.2, 0.25) is 0 Å². The predicted octanol–water partition coefficient (Wildman–Crippen LogP) is 1.56. The summed E-state index contributed by atoms with van der Waals surface area (Å²) in [6, 6.07) is 6.14. The molecule has 0 aliphatic rings. The molecular formula is C15H22O6. The largest absolute Gasteiger partial charge is 0.493 e. The van der Waals surface area contributed by atoms with Gasteiger partial charge in [0, 0.05) is 7.11 Å². The van der Waals surface area contributed by atoms with Crippen molar-refractivity contribution in [3.05, 3.63) is 29.8 Å². The predicted molar refractivity (Wildman–Crippen MR) is 75.9 cm³/mol. The van der Waals surface area contributed by atoms with E-state index < -0.39 is 23.8 Å². The zero-order valence-corrected chi connectivity index (χ0v) is 12.4. The minimum absolute atomic E-state index is 0.249. The first-order chi connectivity index (χ1) is 9.84. The highest BCUT2D eigenvalue weighted by atomic mass is 16.6. The molecule has 118 valence electrons. The van der Waals surface area contributed by atoms with Gasteiger partial charge in [0.2, 0.25) is 0 Å². The van der Waals surface area contributed by atoms with Crippen LogP contribution in [0.4, 0.5) is 0 Å². The molecule has 0 aliphatic heterocycles. The molecule has 0 aromatic heterocycles. The first-order valence-electron chi connectivity index (χ1n) is 6.68. The lowest BCUT2D eigenvalue weighted by Gasteiger charge is -2.32. The highest BCUT2D eigenvalue weighted by molar-refractivity contribution is 5.74. The maximum absolute atomic E-state index is 10.7. The average Bonchev–Trinajstić information content (AvgIpc) is 2.51.